The molecule has 19 heavy (non-hydrogen) atoms. The molecule has 2 aliphatic rings. The maximum atomic E-state index is 6.42. The smallest absolute Gasteiger partial charge is 0.118 e. The lowest BCUT2D eigenvalue weighted by Crippen LogP contribution is -2.24. The summed E-state index contributed by atoms with van der Waals surface area (Å²) in [5, 5.41) is 0. The van der Waals surface area contributed by atoms with Gasteiger partial charge in [0, 0.05) is 6.04 Å². The van der Waals surface area contributed by atoms with E-state index in [0.717, 1.165) is 36.3 Å². The minimum atomic E-state index is 0.412. The molecule has 2 nitrogen and oxygen atoms in total. The van der Waals surface area contributed by atoms with Crippen LogP contribution in [0.2, 0.25) is 0 Å². The molecule has 2 heteroatoms. The third-order valence-electron chi connectivity index (χ3n) is 5.14. The summed E-state index contributed by atoms with van der Waals surface area (Å²) in [7, 11) is 1.71. The van der Waals surface area contributed by atoms with Gasteiger partial charge in [0.05, 0.1) is 7.11 Å². The first-order valence-corrected chi connectivity index (χ1v) is 7.68. The van der Waals surface area contributed by atoms with Gasteiger partial charge in [-0.3, -0.25) is 0 Å². The van der Waals surface area contributed by atoms with Gasteiger partial charge in [-0.15, -0.1) is 0 Å². The summed E-state index contributed by atoms with van der Waals surface area (Å²) >= 11 is 0. The van der Waals surface area contributed by atoms with Gasteiger partial charge in [0.2, 0.25) is 0 Å². The molecule has 104 valence electrons. The number of ether oxygens (including phenoxy) is 1. The van der Waals surface area contributed by atoms with Gasteiger partial charge in [-0.05, 0) is 61.1 Å². The van der Waals surface area contributed by atoms with E-state index in [1.165, 1.54) is 31.2 Å². The third kappa shape index (κ3) is 2.79. The molecule has 2 saturated carbocycles. The predicted octanol–water partition coefficient (Wildman–Crippen LogP) is 3.39. The highest BCUT2D eigenvalue weighted by molar-refractivity contribution is 5.27. The molecular formula is C17H25NO. The van der Waals surface area contributed by atoms with Gasteiger partial charge >= 0.3 is 0 Å². The molecule has 3 atom stereocenters. The fourth-order valence-electron chi connectivity index (χ4n) is 4.00. The highest BCUT2D eigenvalue weighted by Gasteiger charge is 2.52. The second kappa shape index (κ2) is 5.54. The Labute approximate surface area is 116 Å². The van der Waals surface area contributed by atoms with Gasteiger partial charge in [0.25, 0.3) is 0 Å². The van der Waals surface area contributed by atoms with Crippen LogP contribution in [0.4, 0.5) is 0 Å². The first-order valence-electron chi connectivity index (χ1n) is 7.68. The lowest BCUT2D eigenvalue weighted by Gasteiger charge is -2.11. The van der Waals surface area contributed by atoms with E-state index in [1.54, 1.807) is 7.11 Å². The number of fused-ring (bicyclic) bond motifs is 1. The summed E-state index contributed by atoms with van der Waals surface area (Å²) < 4.78 is 5.18. The van der Waals surface area contributed by atoms with Gasteiger partial charge in [0.15, 0.2) is 0 Å². The van der Waals surface area contributed by atoms with Crippen LogP contribution in [0.25, 0.3) is 0 Å². The molecule has 0 saturated heterocycles. The second-order valence-electron chi connectivity index (χ2n) is 6.24. The van der Waals surface area contributed by atoms with Crippen molar-refractivity contribution in [1.82, 2.24) is 0 Å². The van der Waals surface area contributed by atoms with Crippen LogP contribution in [0, 0.1) is 17.8 Å². The number of aryl methyl sites for hydroxylation is 1. The van der Waals surface area contributed by atoms with E-state index in [4.69, 9.17) is 10.5 Å². The minimum Gasteiger partial charge on any atom is -0.497 e. The van der Waals surface area contributed by atoms with E-state index in [-0.39, 0.29) is 0 Å². The fraction of sp³-hybridized carbons (Fsp3) is 0.647. The third-order valence-corrected chi connectivity index (χ3v) is 5.14. The Morgan fingerprint density at radius 2 is 1.79 bits per heavy atom. The van der Waals surface area contributed by atoms with Crippen LogP contribution in [-0.4, -0.2) is 13.2 Å². The second-order valence-corrected chi connectivity index (χ2v) is 6.24. The van der Waals surface area contributed by atoms with Gasteiger partial charge in [-0.2, -0.15) is 0 Å². The van der Waals surface area contributed by atoms with Crippen LogP contribution in [0.3, 0.4) is 0 Å². The highest BCUT2D eigenvalue weighted by atomic mass is 16.5. The molecule has 2 fully saturated rings. The maximum absolute atomic E-state index is 6.42. The number of methoxy groups -OCH3 is 1. The van der Waals surface area contributed by atoms with Crippen molar-refractivity contribution in [2.45, 2.75) is 44.6 Å². The van der Waals surface area contributed by atoms with Gasteiger partial charge in [-0.1, -0.05) is 25.0 Å². The van der Waals surface area contributed by atoms with E-state index in [0.29, 0.717) is 6.04 Å². The quantitative estimate of drug-likeness (QED) is 0.879. The first-order chi connectivity index (χ1) is 9.29. The van der Waals surface area contributed by atoms with Crippen molar-refractivity contribution in [1.29, 1.82) is 0 Å². The average Bonchev–Trinajstić information content (AvgIpc) is 3.19. The lowest BCUT2D eigenvalue weighted by atomic mass is 10.0. The number of benzene rings is 1. The standard InChI is InChI=1S/C17H25NO/c1-19-13-9-6-12(7-10-13)8-11-16(18)17-14-4-2-3-5-15(14)17/h6-7,9-10,14-17H,2-5,8,11,18H2,1H3. The zero-order valence-corrected chi connectivity index (χ0v) is 11.8. The van der Waals surface area contributed by atoms with Gasteiger partial charge < -0.3 is 10.5 Å². The Morgan fingerprint density at radius 1 is 1.16 bits per heavy atom. The minimum absolute atomic E-state index is 0.412. The first kappa shape index (κ1) is 13.0. The van der Waals surface area contributed by atoms with Crippen molar-refractivity contribution >= 4 is 0 Å². The fourth-order valence-corrected chi connectivity index (χ4v) is 4.00. The number of nitrogens with two attached hydrogens (primary N) is 1. The van der Waals surface area contributed by atoms with Crippen LogP contribution in [0.1, 0.15) is 37.7 Å². The largest absolute Gasteiger partial charge is 0.497 e. The van der Waals surface area contributed by atoms with Crippen molar-refractivity contribution in [3.63, 3.8) is 0 Å². The molecule has 1 aromatic rings. The van der Waals surface area contributed by atoms with Crippen LogP contribution in [-0.2, 0) is 6.42 Å². The molecule has 0 radical (unpaired) electrons. The average molecular weight is 259 g/mol. The van der Waals surface area contributed by atoms with Gasteiger partial charge in [-0.25, -0.2) is 0 Å². The van der Waals surface area contributed by atoms with Crippen molar-refractivity contribution < 1.29 is 4.74 Å². The number of hydrogen-bond donors (Lipinski definition) is 1. The van der Waals surface area contributed by atoms with E-state index in [2.05, 4.69) is 12.1 Å². The molecule has 0 aliphatic heterocycles. The van der Waals surface area contributed by atoms with Crippen LogP contribution >= 0.6 is 0 Å². The Morgan fingerprint density at radius 3 is 2.37 bits per heavy atom. The lowest BCUT2D eigenvalue weighted by molar-refractivity contribution is 0.414. The molecule has 0 spiro atoms. The number of rotatable bonds is 5. The van der Waals surface area contributed by atoms with E-state index in [9.17, 15) is 0 Å². The van der Waals surface area contributed by atoms with Crippen LogP contribution in [0.15, 0.2) is 24.3 Å². The molecule has 3 rings (SSSR count). The maximum Gasteiger partial charge on any atom is 0.118 e. The zero-order valence-electron chi connectivity index (χ0n) is 11.8. The van der Waals surface area contributed by atoms with Crippen LogP contribution < -0.4 is 10.5 Å². The summed E-state index contributed by atoms with van der Waals surface area (Å²) in [5.74, 6) is 3.71. The van der Waals surface area contributed by atoms with Crippen molar-refractivity contribution in [3.05, 3.63) is 29.8 Å². The normalized spacial score (nSPS) is 30.5. The highest BCUT2D eigenvalue weighted by Crippen LogP contribution is 2.57. The summed E-state index contributed by atoms with van der Waals surface area (Å²) in [6, 6.07) is 8.81. The molecule has 2 N–H and O–H groups in total. The van der Waals surface area contributed by atoms with E-state index < -0.39 is 0 Å². The Hall–Kier alpha value is -1.02. The molecular weight excluding hydrogens is 234 g/mol. The molecule has 1 aromatic carbocycles. The molecule has 3 unspecified atom stereocenters. The molecule has 0 heterocycles. The Bertz CT molecular complexity index is 402. The number of hydrogen-bond acceptors (Lipinski definition) is 2. The monoisotopic (exact) mass is 259 g/mol. The topological polar surface area (TPSA) is 35.2 Å². The molecule has 0 aromatic heterocycles. The molecule has 0 amide bonds. The van der Waals surface area contributed by atoms with Crippen molar-refractivity contribution in [2.75, 3.05) is 7.11 Å². The molecule has 2 aliphatic carbocycles. The van der Waals surface area contributed by atoms with Crippen molar-refractivity contribution in [3.8, 4) is 5.75 Å². The predicted molar refractivity (Wildman–Crippen MR) is 78.2 cm³/mol. The summed E-state index contributed by atoms with van der Waals surface area (Å²) in [6.07, 6.45) is 7.97. The van der Waals surface area contributed by atoms with Crippen molar-refractivity contribution in [2.24, 2.45) is 23.5 Å². The van der Waals surface area contributed by atoms with Crippen LogP contribution in [0.5, 0.6) is 5.75 Å². The Balaban J connectivity index is 1.49. The van der Waals surface area contributed by atoms with E-state index >= 15 is 0 Å². The van der Waals surface area contributed by atoms with Gasteiger partial charge in [0.1, 0.15) is 5.75 Å². The molecule has 0 bridgehead atoms. The summed E-state index contributed by atoms with van der Waals surface area (Å²) in [6.45, 7) is 0. The summed E-state index contributed by atoms with van der Waals surface area (Å²) in [5.41, 5.74) is 7.79. The SMILES string of the molecule is COc1ccc(CCC(N)C2C3CCCCC32)cc1. The zero-order chi connectivity index (χ0) is 13.2. The summed E-state index contributed by atoms with van der Waals surface area (Å²) in [4.78, 5) is 0. The Kier molecular flexibility index (Phi) is 3.79. The van der Waals surface area contributed by atoms with E-state index in [1.807, 2.05) is 12.1 Å².